The number of carbonyl (C=O) groups excluding carboxylic acids is 1. The number of anilines is 1. The van der Waals surface area contributed by atoms with E-state index in [4.69, 9.17) is 4.74 Å². The van der Waals surface area contributed by atoms with Gasteiger partial charge in [-0.2, -0.15) is 15.0 Å². The Bertz CT molecular complexity index is 451. The van der Waals surface area contributed by atoms with Crippen LogP contribution in [0.25, 0.3) is 0 Å². The Morgan fingerprint density at radius 3 is 2.89 bits per heavy atom. The molecular formula is C11H17N5O2. The Labute approximate surface area is 106 Å². The summed E-state index contributed by atoms with van der Waals surface area (Å²) in [6, 6.07) is 0.0709. The van der Waals surface area contributed by atoms with Crippen molar-refractivity contribution in [3.63, 3.8) is 0 Å². The molecule has 0 spiro atoms. The topological polar surface area (TPSA) is 80.2 Å². The summed E-state index contributed by atoms with van der Waals surface area (Å²) >= 11 is 0. The van der Waals surface area contributed by atoms with E-state index in [0.717, 1.165) is 19.4 Å². The van der Waals surface area contributed by atoms with Gasteiger partial charge in [0.25, 0.3) is 0 Å². The standard InChI is InChI=1S/C11H17N5O2/c1-7-13-10(15-11(14-7)18-3)16-6-4-5-8(16)9(17)12-2/h8H,4-6H2,1-3H3,(H,12,17)/t8-/m0/s1. The van der Waals surface area contributed by atoms with Crippen LogP contribution in [0.15, 0.2) is 0 Å². The normalized spacial score (nSPS) is 18.8. The van der Waals surface area contributed by atoms with Gasteiger partial charge in [-0.15, -0.1) is 0 Å². The van der Waals surface area contributed by atoms with Crippen LogP contribution >= 0.6 is 0 Å². The van der Waals surface area contributed by atoms with Crippen molar-refractivity contribution in [3.05, 3.63) is 5.82 Å². The van der Waals surface area contributed by atoms with Gasteiger partial charge in [0.1, 0.15) is 11.9 Å². The summed E-state index contributed by atoms with van der Waals surface area (Å²) in [7, 11) is 3.15. The van der Waals surface area contributed by atoms with Crippen molar-refractivity contribution >= 4 is 11.9 Å². The first-order valence-electron chi connectivity index (χ1n) is 5.90. The summed E-state index contributed by atoms with van der Waals surface area (Å²) in [5.74, 6) is 1.08. The van der Waals surface area contributed by atoms with Crippen molar-refractivity contribution in [2.75, 3.05) is 25.6 Å². The maximum Gasteiger partial charge on any atom is 0.321 e. The SMILES string of the molecule is CNC(=O)[C@@H]1CCCN1c1nc(C)nc(OC)n1. The van der Waals surface area contributed by atoms with E-state index in [1.54, 1.807) is 14.0 Å². The monoisotopic (exact) mass is 251 g/mol. The maximum absolute atomic E-state index is 11.8. The first-order valence-corrected chi connectivity index (χ1v) is 5.90. The summed E-state index contributed by atoms with van der Waals surface area (Å²) < 4.78 is 5.03. The number of hydrogen-bond donors (Lipinski definition) is 1. The van der Waals surface area contributed by atoms with Crippen molar-refractivity contribution in [2.45, 2.75) is 25.8 Å². The van der Waals surface area contributed by atoms with Gasteiger partial charge in [-0.05, 0) is 19.8 Å². The molecule has 0 radical (unpaired) electrons. The van der Waals surface area contributed by atoms with Crippen LogP contribution < -0.4 is 15.0 Å². The third kappa shape index (κ3) is 2.34. The molecule has 1 N–H and O–H groups in total. The fourth-order valence-electron chi connectivity index (χ4n) is 2.11. The smallest absolute Gasteiger partial charge is 0.321 e. The summed E-state index contributed by atoms with van der Waals surface area (Å²) in [4.78, 5) is 26.2. The zero-order valence-electron chi connectivity index (χ0n) is 10.8. The van der Waals surface area contributed by atoms with E-state index in [-0.39, 0.29) is 18.0 Å². The average molecular weight is 251 g/mol. The second-order valence-corrected chi connectivity index (χ2v) is 4.13. The number of carbonyl (C=O) groups is 1. The number of aromatic nitrogens is 3. The summed E-state index contributed by atoms with van der Waals surface area (Å²) in [5.41, 5.74) is 0. The van der Waals surface area contributed by atoms with E-state index in [1.807, 2.05) is 4.90 Å². The molecule has 1 atom stereocenters. The first kappa shape index (κ1) is 12.5. The zero-order valence-corrected chi connectivity index (χ0v) is 10.8. The molecule has 98 valence electrons. The average Bonchev–Trinajstić information content (AvgIpc) is 2.86. The highest BCUT2D eigenvalue weighted by atomic mass is 16.5. The molecule has 0 aromatic carbocycles. The number of amides is 1. The number of rotatable bonds is 3. The molecular weight excluding hydrogens is 234 g/mol. The second-order valence-electron chi connectivity index (χ2n) is 4.13. The third-order valence-electron chi connectivity index (χ3n) is 2.96. The number of nitrogens with one attached hydrogen (secondary N) is 1. The number of likely N-dealkylation sites (N-methyl/N-ethyl adjacent to an activating group) is 1. The van der Waals surface area contributed by atoms with Crippen molar-refractivity contribution in [1.82, 2.24) is 20.3 Å². The Kier molecular flexibility index (Phi) is 3.59. The molecule has 18 heavy (non-hydrogen) atoms. The lowest BCUT2D eigenvalue weighted by atomic mass is 10.2. The van der Waals surface area contributed by atoms with Crippen molar-refractivity contribution < 1.29 is 9.53 Å². The van der Waals surface area contributed by atoms with E-state index in [0.29, 0.717) is 11.8 Å². The lowest BCUT2D eigenvalue weighted by Crippen LogP contribution is -2.42. The minimum Gasteiger partial charge on any atom is -0.467 e. The van der Waals surface area contributed by atoms with E-state index in [1.165, 1.54) is 7.11 Å². The van der Waals surface area contributed by atoms with Crippen molar-refractivity contribution in [1.29, 1.82) is 0 Å². The molecule has 1 aliphatic heterocycles. The molecule has 1 aromatic heterocycles. The minimum atomic E-state index is -0.207. The lowest BCUT2D eigenvalue weighted by Gasteiger charge is -2.23. The van der Waals surface area contributed by atoms with Crippen LogP contribution in [0, 0.1) is 6.92 Å². The third-order valence-corrected chi connectivity index (χ3v) is 2.96. The van der Waals surface area contributed by atoms with Crippen LogP contribution in [0.4, 0.5) is 5.95 Å². The van der Waals surface area contributed by atoms with Gasteiger partial charge in [0.05, 0.1) is 7.11 Å². The quantitative estimate of drug-likeness (QED) is 0.808. The van der Waals surface area contributed by atoms with Crippen molar-refractivity contribution in [3.8, 4) is 6.01 Å². The summed E-state index contributed by atoms with van der Waals surface area (Å²) in [6.07, 6.45) is 1.76. The largest absolute Gasteiger partial charge is 0.467 e. The number of ether oxygens (including phenoxy) is 1. The van der Waals surface area contributed by atoms with Gasteiger partial charge in [-0.25, -0.2) is 0 Å². The number of methoxy groups -OCH3 is 1. The van der Waals surface area contributed by atoms with E-state index >= 15 is 0 Å². The summed E-state index contributed by atoms with van der Waals surface area (Å²) in [5, 5.41) is 2.67. The van der Waals surface area contributed by atoms with E-state index < -0.39 is 0 Å². The number of hydrogen-bond acceptors (Lipinski definition) is 6. The van der Waals surface area contributed by atoms with Crippen molar-refractivity contribution in [2.24, 2.45) is 0 Å². The highest BCUT2D eigenvalue weighted by Crippen LogP contribution is 2.23. The molecule has 1 fully saturated rings. The molecule has 2 rings (SSSR count). The Balaban J connectivity index is 2.29. The number of aryl methyl sites for hydroxylation is 1. The molecule has 0 bridgehead atoms. The molecule has 0 aliphatic carbocycles. The number of nitrogens with zero attached hydrogens (tertiary/aromatic N) is 4. The van der Waals surface area contributed by atoms with Crippen LogP contribution in [0.3, 0.4) is 0 Å². The molecule has 1 aromatic rings. The van der Waals surface area contributed by atoms with Crippen LogP contribution in [-0.4, -0.2) is 47.6 Å². The Morgan fingerprint density at radius 2 is 2.22 bits per heavy atom. The van der Waals surface area contributed by atoms with Crippen LogP contribution in [-0.2, 0) is 4.79 Å². The molecule has 7 heteroatoms. The molecule has 0 saturated carbocycles. The highest BCUT2D eigenvalue weighted by Gasteiger charge is 2.32. The van der Waals surface area contributed by atoms with Gasteiger partial charge in [0.15, 0.2) is 0 Å². The molecule has 1 saturated heterocycles. The predicted molar refractivity (Wildman–Crippen MR) is 65.6 cm³/mol. The minimum absolute atomic E-state index is 0.00969. The fourth-order valence-corrected chi connectivity index (χ4v) is 2.11. The predicted octanol–water partition coefficient (Wildman–Crippen LogP) is -0.0966. The van der Waals surface area contributed by atoms with Gasteiger partial charge in [-0.3, -0.25) is 4.79 Å². The molecule has 1 amide bonds. The van der Waals surface area contributed by atoms with Gasteiger partial charge in [0.2, 0.25) is 11.9 Å². The molecule has 7 nitrogen and oxygen atoms in total. The van der Waals surface area contributed by atoms with Gasteiger partial charge in [0, 0.05) is 13.6 Å². The van der Waals surface area contributed by atoms with Gasteiger partial charge >= 0.3 is 6.01 Å². The van der Waals surface area contributed by atoms with Crippen LogP contribution in [0.5, 0.6) is 6.01 Å². The second kappa shape index (κ2) is 5.16. The maximum atomic E-state index is 11.8. The zero-order chi connectivity index (χ0) is 13.1. The summed E-state index contributed by atoms with van der Waals surface area (Å²) in [6.45, 7) is 2.55. The first-order chi connectivity index (χ1) is 8.65. The van der Waals surface area contributed by atoms with E-state index in [9.17, 15) is 4.79 Å². The molecule has 0 unspecified atom stereocenters. The Hall–Kier alpha value is -1.92. The molecule has 2 heterocycles. The molecule has 1 aliphatic rings. The van der Waals surface area contributed by atoms with Gasteiger partial charge < -0.3 is 15.0 Å². The Morgan fingerprint density at radius 1 is 1.44 bits per heavy atom. The van der Waals surface area contributed by atoms with Gasteiger partial charge in [-0.1, -0.05) is 0 Å². The van der Waals surface area contributed by atoms with E-state index in [2.05, 4.69) is 20.3 Å². The lowest BCUT2D eigenvalue weighted by molar-refractivity contribution is -0.121. The highest BCUT2D eigenvalue weighted by molar-refractivity contribution is 5.85. The van der Waals surface area contributed by atoms with Crippen LogP contribution in [0.1, 0.15) is 18.7 Å². The fraction of sp³-hybridized carbons (Fsp3) is 0.636. The van der Waals surface area contributed by atoms with Crippen LogP contribution in [0.2, 0.25) is 0 Å².